The third kappa shape index (κ3) is 4.26. The van der Waals surface area contributed by atoms with Crippen molar-refractivity contribution in [3.05, 3.63) is 66.9 Å². The lowest BCUT2D eigenvalue weighted by molar-refractivity contribution is -0.140. The van der Waals surface area contributed by atoms with E-state index in [-0.39, 0.29) is 5.97 Å². The Morgan fingerprint density at radius 1 is 1.08 bits per heavy atom. The van der Waals surface area contributed by atoms with Crippen molar-refractivity contribution >= 4 is 11.7 Å². The summed E-state index contributed by atoms with van der Waals surface area (Å²) in [6.07, 6.45) is 3.08. The van der Waals surface area contributed by atoms with E-state index >= 15 is 0 Å². The van der Waals surface area contributed by atoms with Gasteiger partial charge in [-0.25, -0.2) is 4.68 Å². The van der Waals surface area contributed by atoms with Gasteiger partial charge in [0.15, 0.2) is 0 Å². The number of aromatic nitrogens is 2. The fourth-order valence-electron chi connectivity index (χ4n) is 2.60. The maximum absolute atomic E-state index is 11.2. The van der Waals surface area contributed by atoms with E-state index in [9.17, 15) is 4.79 Å². The standard InChI is InChI=1S/C20H21N3O2/c1-25-20(24)12-7-14-21-18-10-5-6-11-19(18)23-15-13-17(22-23)16-8-3-2-4-9-16/h2-6,8-11,13,15,21H,7,12,14H2,1H3. The quantitative estimate of drug-likeness (QED) is 0.525. The van der Waals surface area contributed by atoms with Crippen LogP contribution in [0.2, 0.25) is 0 Å². The lowest BCUT2D eigenvalue weighted by Crippen LogP contribution is -2.09. The summed E-state index contributed by atoms with van der Waals surface area (Å²) in [5.74, 6) is -0.185. The molecule has 0 aliphatic heterocycles. The summed E-state index contributed by atoms with van der Waals surface area (Å²) in [5.41, 5.74) is 3.98. The molecule has 3 aromatic rings. The van der Waals surface area contributed by atoms with Gasteiger partial charge in [-0.1, -0.05) is 42.5 Å². The number of anilines is 1. The highest BCUT2D eigenvalue weighted by Crippen LogP contribution is 2.22. The van der Waals surface area contributed by atoms with Crippen molar-refractivity contribution in [3.8, 4) is 16.9 Å². The molecule has 2 aromatic carbocycles. The van der Waals surface area contributed by atoms with E-state index in [2.05, 4.69) is 15.2 Å². The first-order valence-corrected chi connectivity index (χ1v) is 8.29. The van der Waals surface area contributed by atoms with Crippen LogP contribution in [0.5, 0.6) is 0 Å². The van der Waals surface area contributed by atoms with E-state index in [1.807, 2.05) is 71.5 Å². The topological polar surface area (TPSA) is 56.1 Å². The Bertz CT molecular complexity index is 828. The number of esters is 1. The maximum Gasteiger partial charge on any atom is 0.305 e. The van der Waals surface area contributed by atoms with Gasteiger partial charge in [-0.3, -0.25) is 4.79 Å². The number of hydrogen-bond donors (Lipinski definition) is 1. The SMILES string of the molecule is COC(=O)CCCNc1ccccc1-n1ccc(-c2ccccc2)n1. The first-order valence-electron chi connectivity index (χ1n) is 8.29. The van der Waals surface area contributed by atoms with Crippen molar-refractivity contribution < 1.29 is 9.53 Å². The number of rotatable bonds is 7. The Morgan fingerprint density at radius 3 is 2.64 bits per heavy atom. The van der Waals surface area contributed by atoms with Gasteiger partial charge in [-0.15, -0.1) is 0 Å². The van der Waals surface area contributed by atoms with Crippen LogP contribution in [0.3, 0.4) is 0 Å². The molecule has 0 atom stereocenters. The van der Waals surface area contributed by atoms with Crippen LogP contribution in [0.25, 0.3) is 16.9 Å². The Morgan fingerprint density at radius 2 is 1.84 bits per heavy atom. The molecule has 128 valence electrons. The number of ether oxygens (including phenoxy) is 1. The van der Waals surface area contributed by atoms with E-state index in [1.54, 1.807) is 0 Å². The number of nitrogens with zero attached hydrogens (tertiary/aromatic N) is 2. The van der Waals surface area contributed by atoms with E-state index in [0.29, 0.717) is 13.0 Å². The molecule has 0 amide bonds. The molecule has 0 fully saturated rings. The number of carbonyl (C=O) groups excluding carboxylic acids is 1. The molecule has 1 heterocycles. The van der Waals surface area contributed by atoms with Gasteiger partial charge in [0.2, 0.25) is 0 Å². The molecule has 5 heteroatoms. The van der Waals surface area contributed by atoms with Gasteiger partial charge in [0, 0.05) is 24.7 Å². The van der Waals surface area contributed by atoms with Gasteiger partial charge in [0.25, 0.3) is 0 Å². The van der Waals surface area contributed by atoms with Crippen LogP contribution in [-0.2, 0) is 9.53 Å². The molecule has 0 saturated heterocycles. The van der Waals surface area contributed by atoms with Crippen LogP contribution in [-0.4, -0.2) is 29.4 Å². The van der Waals surface area contributed by atoms with E-state index in [0.717, 1.165) is 29.1 Å². The Labute approximate surface area is 147 Å². The summed E-state index contributed by atoms with van der Waals surface area (Å²) in [6.45, 7) is 0.693. The molecule has 0 spiro atoms. The summed E-state index contributed by atoms with van der Waals surface area (Å²) in [7, 11) is 1.41. The lowest BCUT2D eigenvalue weighted by atomic mass is 10.2. The fraction of sp³-hybridized carbons (Fsp3) is 0.200. The van der Waals surface area contributed by atoms with Crippen molar-refractivity contribution in [2.75, 3.05) is 19.0 Å². The maximum atomic E-state index is 11.2. The molecular weight excluding hydrogens is 314 g/mol. The van der Waals surface area contributed by atoms with Gasteiger partial charge in [-0.05, 0) is 24.6 Å². The summed E-state index contributed by atoms with van der Waals surface area (Å²) in [4.78, 5) is 11.2. The Hall–Kier alpha value is -3.08. The van der Waals surface area contributed by atoms with Gasteiger partial charge in [0.1, 0.15) is 0 Å². The number of hydrogen-bond acceptors (Lipinski definition) is 4. The van der Waals surface area contributed by atoms with Crippen LogP contribution < -0.4 is 5.32 Å². The zero-order valence-electron chi connectivity index (χ0n) is 14.2. The molecule has 0 bridgehead atoms. The smallest absolute Gasteiger partial charge is 0.305 e. The van der Waals surface area contributed by atoms with Crippen molar-refractivity contribution in [1.82, 2.24) is 9.78 Å². The van der Waals surface area contributed by atoms with Gasteiger partial charge >= 0.3 is 5.97 Å². The minimum Gasteiger partial charge on any atom is -0.469 e. The molecule has 25 heavy (non-hydrogen) atoms. The molecule has 0 aliphatic rings. The minimum absolute atomic E-state index is 0.185. The number of methoxy groups -OCH3 is 1. The first-order chi connectivity index (χ1) is 12.3. The highest BCUT2D eigenvalue weighted by atomic mass is 16.5. The van der Waals surface area contributed by atoms with Crippen LogP contribution in [0.4, 0.5) is 5.69 Å². The normalized spacial score (nSPS) is 10.4. The Kier molecular flexibility index (Phi) is 5.46. The highest BCUT2D eigenvalue weighted by molar-refractivity contribution is 5.69. The second-order valence-corrected chi connectivity index (χ2v) is 5.64. The summed E-state index contributed by atoms with van der Waals surface area (Å²) >= 11 is 0. The van der Waals surface area contributed by atoms with Crippen molar-refractivity contribution in [1.29, 1.82) is 0 Å². The monoisotopic (exact) mass is 335 g/mol. The number of benzene rings is 2. The molecule has 1 aromatic heterocycles. The number of para-hydroxylation sites is 2. The van der Waals surface area contributed by atoms with Crippen LogP contribution in [0.15, 0.2) is 66.9 Å². The van der Waals surface area contributed by atoms with Crippen molar-refractivity contribution in [2.24, 2.45) is 0 Å². The average Bonchev–Trinajstić information content (AvgIpc) is 3.16. The van der Waals surface area contributed by atoms with Crippen LogP contribution in [0.1, 0.15) is 12.8 Å². The minimum atomic E-state index is -0.185. The third-order valence-corrected chi connectivity index (χ3v) is 3.91. The largest absolute Gasteiger partial charge is 0.469 e. The zero-order valence-corrected chi connectivity index (χ0v) is 14.2. The summed E-state index contributed by atoms with van der Waals surface area (Å²) in [6, 6.07) is 20.1. The third-order valence-electron chi connectivity index (χ3n) is 3.91. The lowest BCUT2D eigenvalue weighted by Gasteiger charge is -2.11. The number of nitrogens with one attached hydrogen (secondary N) is 1. The van der Waals surface area contributed by atoms with Crippen molar-refractivity contribution in [3.63, 3.8) is 0 Å². The molecule has 1 N–H and O–H groups in total. The van der Waals surface area contributed by atoms with Crippen LogP contribution in [0, 0.1) is 0 Å². The van der Waals surface area contributed by atoms with Crippen LogP contribution >= 0.6 is 0 Å². The molecule has 0 saturated carbocycles. The predicted octanol–water partition coefficient (Wildman–Crippen LogP) is 3.90. The van der Waals surface area contributed by atoms with Gasteiger partial charge in [0.05, 0.1) is 24.2 Å². The number of carbonyl (C=O) groups is 1. The molecule has 0 unspecified atom stereocenters. The average molecular weight is 335 g/mol. The van der Waals surface area contributed by atoms with E-state index < -0.39 is 0 Å². The molecule has 5 nitrogen and oxygen atoms in total. The Balaban J connectivity index is 1.73. The highest BCUT2D eigenvalue weighted by Gasteiger charge is 2.07. The van der Waals surface area contributed by atoms with Crippen molar-refractivity contribution in [2.45, 2.75) is 12.8 Å². The second kappa shape index (κ2) is 8.15. The van der Waals surface area contributed by atoms with Gasteiger partial charge in [-0.2, -0.15) is 5.10 Å². The molecule has 0 radical (unpaired) electrons. The zero-order chi connectivity index (χ0) is 17.5. The molecule has 3 rings (SSSR count). The fourth-order valence-corrected chi connectivity index (χ4v) is 2.60. The van der Waals surface area contributed by atoms with Gasteiger partial charge < -0.3 is 10.1 Å². The van der Waals surface area contributed by atoms with E-state index in [4.69, 9.17) is 0 Å². The van der Waals surface area contributed by atoms with E-state index in [1.165, 1.54) is 7.11 Å². The second-order valence-electron chi connectivity index (χ2n) is 5.64. The molecular formula is C20H21N3O2. The summed E-state index contributed by atoms with van der Waals surface area (Å²) in [5, 5.41) is 8.06. The summed E-state index contributed by atoms with van der Waals surface area (Å²) < 4.78 is 6.53. The molecule has 0 aliphatic carbocycles. The predicted molar refractivity (Wildman–Crippen MR) is 98.7 cm³/mol. The first kappa shape index (κ1) is 16.8.